The van der Waals surface area contributed by atoms with E-state index < -0.39 is 0 Å². The average molecular weight is 301 g/mol. The van der Waals surface area contributed by atoms with Gasteiger partial charge in [-0.1, -0.05) is 24.3 Å². The van der Waals surface area contributed by atoms with Gasteiger partial charge in [0.05, 0.1) is 6.10 Å². The second-order valence-electron chi connectivity index (χ2n) is 5.70. The third-order valence-electron chi connectivity index (χ3n) is 4.02. The Labute approximate surface area is 130 Å². The fourth-order valence-electron chi connectivity index (χ4n) is 2.77. The average Bonchev–Trinajstić information content (AvgIpc) is 2.99. The summed E-state index contributed by atoms with van der Waals surface area (Å²) in [4.78, 5) is 12.1. The van der Waals surface area contributed by atoms with Crippen molar-refractivity contribution in [2.24, 2.45) is 0 Å². The molecule has 5 heteroatoms. The number of rotatable bonds is 5. The van der Waals surface area contributed by atoms with Crippen LogP contribution in [0.3, 0.4) is 0 Å². The molecule has 22 heavy (non-hydrogen) atoms. The van der Waals surface area contributed by atoms with E-state index in [1.807, 2.05) is 36.7 Å². The van der Waals surface area contributed by atoms with Crippen molar-refractivity contribution in [3.63, 3.8) is 0 Å². The number of piperidine rings is 1. The van der Waals surface area contributed by atoms with Crippen molar-refractivity contribution in [1.29, 1.82) is 0 Å². The minimum Gasteiger partial charge on any atom is -0.378 e. The molecule has 3 rings (SSSR count). The molecule has 2 aromatic rings. The lowest BCUT2D eigenvalue weighted by atomic mass is 10.1. The highest BCUT2D eigenvalue weighted by Crippen LogP contribution is 2.14. The van der Waals surface area contributed by atoms with Crippen LogP contribution in [0.1, 0.15) is 19.3 Å². The van der Waals surface area contributed by atoms with E-state index in [1.54, 1.807) is 4.57 Å². The highest BCUT2D eigenvalue weighted by Gasteiger charge is 2.12. The molecule has 1 aliphatic rings. The van der Waals surface area contributed by atoms with Crippen molar-refractivity contribution in [3.8, 4) is 0 Å². The maximum absolute atomic E-state index is 12.1. The van der Waals surface area contributed by atoms with Crippen LogP contribution in [0.5, 0.6) is 0 Å². The van der Waals surface area contributed by atoms with Gasteiger partial charge >= 0.3 is 6.03 Å². The number of carbonyl (C=O) groups is 1. The van der Waals surface area contributed by atoms with Gasteiger partial charge in [-0.25, -0.2) is 4.79 Å². The molecule has 1 aliphatic heterocycles. The first-order valence-electron chi connectivity index (χ1n) is 8.00. The summed E-state index contributed by atoms with van der Waals surface area (Å²) in [6.45, 7) is 3.43. The SMILES string of the molecule is O=C(NCCCOC1CCNCC1)n1cc2ccccc2c1. The van der Waals surface area contributed by atoms with Gasteiger partial charge in [-0.15, -0.1) is 0 Å². The first-order chi connectivity index (χ1) is 10.8. The molecule has 2 heterocycles. The standard InChI is InChI=1S/C17H23N3O2/c21-17(20-12-14-4-1-2-5-15(14)13-20)19-8-3-11-22-16-6-9-18-10-7-16/h1-2,4-5,12-13,16,18H,3,6-11H2,(H,19,21). The summed E-state index contributed by atoms with van der Waals surface area (Å²) in [5.74, 6) is 0. The molecular formula is C17H23N3O2. The van der Waals surface area contributed by atoms with Crippen molar-refractivity contribution >= 4 is 16.8 Å². The number of amides is 1. The van der Waals surface area contributed by atoms with E-state index in [1.165, 1.54) is 0 Å². The largest absolute Gasteiger partial charge is 0.378 e. The van der Waals surface area contributed by atoms with E-state index in [4.69, 9.17) is 4.74 Å². The van der Waals surface area contributed by atoms with Gasteiger partial charge in [0.15, 0.2) is 0 Å². The number of hydrogen-bond acceptors (Lipinski definition) is 3. The maximum atomic E-state index is 12.1. The second-order valence-corrected chi connectivity index (χ2v) is 5.70. The van der Waals surface area contributed by atoms with Crippen LogP contribution in [0.15, 0.2) is 36.7 Å². The van der Waals surface area contributed by atoms with Crippen molar-refractivity contribution in [3.05, 3.63) is 36.7 Å². The Kier molecular flexibility index (Phi) is 5.08. The summed E-state index contributed by atoms with van der Waals surface area (Å²) >= 11 is 0. The first-order valence-corrected chi connectivity index (χ1v) is 8.00. The zero-order valence-corrected chi connectivity index (χ0v) is 12.8. The van der Waals surface area contributed by atoms with Crippen LogP contribution in [0.4, 0.5) is 4.79 Å². The number of nitrogens with one attached hydrogen (secondary N) is 2. The van der Waals surface area contributed by atoms with Gasteiger partial charge in [-0.05, 0) is 43.1 Å². The molecule has 0 radical (unpaired) electrons. The Morgan fingerprint density at radius 3 is 2.59 bits per heavy atom. The van der Waals surface area contributed by atoms with E-state index in [2.05, 4.69) is 10.6 Å². The van der Waals surface area contributed by atoms with Gasteiger partial charge in [0.2, 0.25) is 0 Å². The minimum absolute atomic E-state index is 0.0851. The molecule has 1 aromatic heterocycles. The summed E-state index contributed by atoms with van der Waals surface area (Å²) in [7, 11) is 0. The Morgan fingerprint density at radius 1 is 1.23 bits per heavy atom. The van der Waals surface area contributed by atoms with Crippen LogP contribution in [-0.4, -0.2) is 42.9 Å². The monoisotopic (exact) mass is 301 g/mol. The van der Waals surface area contributed by atoms with E-state index in [-0.39, 0.29) is 6.03 Å². The molecule has 2 N–H and O–H groups in total. The number of aromatic nitrogens is 1. The Bertz CT molecular complexity index is 584. The lowest BCUT2D eigenvalue weighted by molar-refractivity contribution is 0.0320. The molecule has 0 saturated carbocycles. The molecular weight excluding hydrogens is 278 g/mol. The molecule has 1 amide bonds. The number of nitrogens with zero attached hydrogens (tertiary/aromatic N) is 1. The van der Waals surface area contributed by atoms with Crippen molar-refractivity contribution in [2.45, 2.75) is 25.4 Å². The van der Waals surface area contributed by atoms with Gasteiger partial charge in [0.1, 0.15) is 0 Å². The number of carbonyl (C=O) groups excluding carboxylic acids is 1. The lowest BCUT2D eigenvalue weighted by Gasteiger charge is -2.22. The summed E-state index contributed by atoms with van der Waals surface area (Å²) in [5, 5.41) is 8.40. The third kappa shape index (κ3) is 3.87. The zero-order valence-electron chi connectivity index (χ0n) is 12.8. The Morgan fingerprint density at radius 2 is 1.91 bits per heavy atom. The Balaban J connectivity index is 1.38. The minimum atomic E-state index is -0.0851. The molecule has 0 spiro atoms. The van der Waals surface area contributed by atoms with E-state index in [0.717, 1.165) is 43.1 Å². The summed E-state index contributed by atoms with van der Waals surface area (Å²) in [6.07, 6.45) is 7.11. The first kappa shape index (κ1) is 15.1. The highest BCUT2D eigenvalue weighted by molar-refractivity contribution is 5.88. The van der Waals surface area contributed by atoms with E-state index in [9.17, 15) is 4.79 Å². The van der Waals surface area contributed by atoms with Crippen molar-refractivity contribution in [2.75, 3.05) is 26.2 Å². The third-order valence-corrected chi connectivity index (χ3v) is 4.02. The van der Waals surface area contributed by atoms with E-state index in [0.29, 0.717) is 19.3 Å². The summed E-state index contributed by atoms with van der Waals surface area (Å²) in [5.41, 5.74) is 0. The van der Waals surface area contributed by atoms with Crippen LogP contribution < -0.4 is 10.6 Å². The molecule has 0 unspecified atom stereocenters. The molecule has 0 aliphatic carbocycles. The fraction of sp³-hybridized carbons (Fsp3) is 0.471. The van der Waals surface area contributed by atoms with Gasteiger partial charge in [0, 0.05) is 25.5 Å². The molecule has 0 atom stereocenters. The predicted molar refractivity (Wildman–Crippen MR) is 87.2 cm³/mol. The molecule has 5 nitrogen and oxygen atoms in total. The smallest absolute Gasteiger partial charge is 0.325 e. The molecule has 0 bridgehead atoms. The van der Waals surface area contributed by atoms with Gasteiger partial charge in [-0.3, -0.25) is 4.57 Å². The molecule has 1 saturated heterocycles. The van der Waals surface area contributed by atoms with Crippen LogP contribution >= 0.6 is 0 Å². The van der Waals surface area contributed by atoms with Crippen molar-refractivity contribution in [1.82, 2.24) is 15.2 Å². The van der Waals surface area contributed by atoms with Gasteiger partial charge in [-0.2, -0.15) is 0 Å². The van der Waals surface area contributed by atoms with Gasteiger partial charge in [0.25, 0.3) is 0 Å². The highest BCUT2D eigenvalue weighted by atomic mass is 16.5. The number of benzene rings is 1. The quantitative estimate of drug-likeness (QED) is 0.834. The lowest BCUT2D eigenvalue weighted by Crippen LogP contribution is -2.33. The maximum Gasteiger partial charge on any atom is 0.325 e. The number of ether oxygens (including phenoxy) is 1. The van der Waals surface area contributed by atoms with Crippen LogP contribution in [0.25, 0.3) is 10.8 Å². The predicted octanol–water partition coefficient (Wildman–Crippen LogP) is 2.36. The fourth-order valence-corrected chi connectivity index (χ4v) is 2.77. The number of fused-ring (bicyclic) bond motifs is 1. The summed E-state index contributed by atoms with van der Waals surface area (Å²) < 4.78 is 7.43. The molecule has 1 fully saturated rings. The van der Waals surface area contributed by atoms with E-state index >= 15 is 0 Å². The Hall–Kier alpha value is -1.85. The van der Waals surface area contributed by atoms with Crippen molar-refractivity contribution < 1.29 is 9.53 Å². The number of hydrogen-bond donors (Lipinski definition) is 2. The van der Waals surface area contributed by atoms with Crippen LogP contribution in [-0.2, 0) is 4.74 Å². The normalized spacial score (nSPS) is 16.0. The van der Waals surface area contributed by atoms with Crippen LogP contribution in [0, 0.1) is 0 Å². The molecule has 1 aromatic carbocycles. The molecule has 118 valence electrons. The second kappa shape index (κ2) is 7.42. The van der Waals surface area contributed by atoms with Crippen LogP contribution in [0.2, 0.25) is 0 Å². The van der Waals surface area contributed by atoms with Gasteiger partial charge < -0.3 is 15.4 Å². The zero-order chi connectivity index (χ0) is 15.2. The summed E-state index contributed by atoms with van der Waals surface area (Å²) in [6, 6.07) is 7.88. The topological polar surface area (TPSA) is 55.3 Å².